The van der Waals surface area contributed by atoms with Gasteiger partial charge in [-0.25, -0.2) is 9.02 Å². The number of halogens is 1. The summed E-state index contributed by atoms with van der Waals surface area (Å²) in [5.41, 5.74) is 3.07. The molecular formula is C11H15FN2O. The van der Waals surface area contributed by atoms with Crippen LogP contribution in [0.5, 0.6) is 0 Å². The fourth-order valence-electron chi connectivity index (χ4n) is 1.41. The zero-order chi connectivity index (χ0) is 11.6. The van der Waals surface area contributed by atoms with Crippen LogP contribution in [0, 0.1) is 26.6 Å². The standard InChI is InChI=1S/C9H9FN2O.C2H6/c1-4-5(2)8-9(12-13-11-8)6(3)7(4)10;1-2/h1-3H3;1-2H3. The zero-order valence-corrected chi connectivity index (χ0v) is 9.68. The highest BCUT2D eigenvalue weighted by Gasteiger charge is 2.15. The molecule has 1 aromatic heterocycles. The maximum Gasteiger partial charge on any atom is 0.141 e. The third-order valence-corrected chi connectivity index (χ3v) is 2.42. The van der Waals surface area contributed by atoms with Crippen molar-refractivity contribution in [2.75, 3.05) is 0 Å². The minimum absolute atomic E-state index is 0.222. The summed E-state index contributed by atoms with van der Waals surface area (Å²) in [6.45, 7) is 9.21. The average molecular weight is 210 g/mol. The molecule has 15 heavy (non-hydrogen) atoms. The van der Waals surface area contributed by atoms with Crippen LogP contribution in [-0.2, 0) is 0 Å². The van der Waals surface area contributed by atoms with Crippen molar-refractivity contribution in [1.82, 2.24) is 10.3 Å². The molecule has 0 fully saturated rings. The molecule has 0 amide bonds. The third-order valence-electron chi connectivity index (χ3n) is 2.42. The lowest BCUT2D eigenvalue weighted by molar-refractivity contribution is 0.315. The molecule has 0 aliphatic carbocycles. The van der Waals surface area contributed by atoms with Crippen molar-refractivity contribution in [3.63, 3.8) is 0 Å². The van der Waals surface area contributed by atoms with E-state index >= 15 is 0 Å². The molecule has 0 spiro atoms. The Labute approximate surface area is 88.2 Å². The Morgan fingerprint density at radius 1 is 0.867 bits per heavy atom. The van der Waals surface area contributed by atoms with Crippen molar-refractivity contribution in [2.45, 2.75) is 34.6 Å². The number of benzene rings is 1. The van der Waals surface area contributed by atoms with Gasteiger partial charge in [0.05, 0.1) is 0 Å². The molecule has 0 unspecified atom stereocenters. The molecule has 2 aromatic rings. The monoisotopic (exact) mass is 210 g/mol. The SMILES string of the molecule is CC.Cc1c(F)c(C)c2nonc2c1C. The Morgan fingerprint density at radius 3 is 1.87 bits per heavy atom. The lowest BCUT2D eigenvalue weighted by atomic mass is 10.0. The molecule has 0 saturated heterocycles. The molecule has 82 valence electrons. The van der Waals surface area contributed by atoms with Crippen LogP contribution in [0.25, 0.3) is 11.0 Å². The lowest BCUT2D eigenvalue weighted by Gasteiger charge is -2.03. The number of aromatic nitrogens is 2. The van der Waals surface area contributed by atoms with Crippen LogP contribution in [0.3, 0.4) is 0 Å². The maximum absolute atomic E-state index is 13.5. The van der Waals surface area contributed by atoms with Crippen LogP contribution in [0.2, 0.25) is 0 Å². The van der Waals surface area contributed by atoms with Crippen molar-refractivity contribution in [3.05, 3.63) is 22.5 Å². The number of hydrogen-bond acceptors (Lipinski definition) is 3. The van der Waals surface area contributed by atoms with Crippen molar-refractivity contribution >= 4 is 11.0 Å². The van der Waals surface area contributed by atoms with E-state index in [1.165, 1.54) is 0 Å². The summed E-state index contributed by atoms with van der Waals surface area (Å²) in [4.78, 5) is 0. The molecule has 0 radical (unpaired) electrons. The zero-order valence-electron chi connectivity index (χ0n) is 9.68. The smallest absolute Gasteiger partial charge is 0.141 e. The first-order valence-electron chi connectivity index (χ1n) is 5.00. The molecular weight excluding hydrogens is 195 g/mol. The Hall–Kier alpha value is -1.45. The van der Waals surface area contributed by atoms with E-state index in [2.05, 4.69) is 14.9 Å². The summed E-state index contributed by atoms with van der Waals surface area (Å²) in [7, 11) is 0. The van der Waals surface area contributed by atoms with Crippen molar-refractivity contribution < 1.29 is 9.02 Å². The molecule has 0 saturated carbocycles. The van der Waals surface area contributed by atoms with Crippen LogP contribution >= 0.6 is 0 Å². The molecule has 0 bridgehead atoms. The van der Waals surface area contributed by atoms with Gasteiger partial charge in [-0.2, -0.15) is 0 Å². The molecule has 0 atom stereocenters. The fourth-order valence-corrected chi connectivity index (χ4v) is 1.41. The van der Waals surface area contributed by atoms with Gasteiger partial charge in [0.2, 0.25) is 0 Å². The first-order chi connectivity index (χ1) is 7.13. The molecule has 3 nitrogen and oxygen atoms in total. The molecule has 1 aromatic carbocycles. The van der Waals surface area contributed by atoms with E-state index in [4.69, 9.17) is 0 Å². The molecule has 0 N–H and O–H groups in total. The predicted molar refractivity (Wildman–Crippen MR) is 57.3 cm³/mol. The second-order valence-electron chi connectivity index (χ2n) is 3.15. The van der Waals surface area contributed by atoms with Gasteiger partial charge >= 0.3 is 0 Å². The Morgan fingerprint density at radius 2 is 1.33 bits per heavy atom. The van der Waals surface area contributed by atoms with E-state index in [0.29, 0.717) is 22.2 Å². The first kappa shape index (κ1) is 11.6. The van der Waals surface area contributed by atoms with Gasteiger partial charge in [-0.1, -0.05) is 13.8 Å². The van der Waals surface area contributed by atoms with Crippen LogP contribution in [0.15, 0.2) is 4.63 Å². The summed E-state index contributed by atoms with van der Waals surface area (Å²) in [6, 6.07) is 0. The van der Waals surface area contributed by atoms with Crippen LogP contribution in [-0.4, -0.2) is 10.3 Å². The second-order valence-corrected chi connectivity index (χ2v) is 3.15. The summed E-state index contributed by atoms with van der Waals surface area (Å²) in [5.74, 6) is -0.222. The summed E-state index contributed by atoms with van der Waals surface area (Å²) < 4.78 is 18.1. The largest absolute Gasteiger partial charge is 0.243 e. The third kappa shape index (κ3) is 1.71. The van der Waals surface area contributed by atoms with E-state index in [-0.39, 0.29) is 5.82 Å². The number of fused-ring (bicyclic) bond motifs is 1. The summed E-state index contributed by atoms with van der Waals surface area (Å²) in [6.07, 6.45) is 0. The van der Waals surface area contributed by atoms with Gasteiger partial charge in [-0.3, -0.25) is 0 Å². The van der Waals surface area contributed by atoms with Gasteiger partial charge in [-0.15, -0.1) is 0 Å². The number of aryl methyl sites for hydroxylation is 2. The van der Waals surface area contributed by atoms with Gasteiger partial charge in [0.1, 0.15) is 16.9 Å². The van der Waals surface area contributed by atoms with Gasteiger partial charge in [0.15, 0.2) is 0 Å². The molecule has 1 heterocycles. The number of rotatable bonds is 0. The fraction of sp³-hybridized carbons (Fsp3) is 0.455. The van der Waals surface area contributed by atoms with E-state index in [1.54, 1.807) is 13.8 Å². The first-order valence-corrected chi connectivity index (χ1v) is 5.00. The highest BCUT2D eigenvalue weighted by Crippen LogP contribution is 2.25. The quantitative estimate of drug-likeness (QED) is 0.669. The Balaban J connectivity index is 0.000000531. The van der Waals surface area contributed by atoms with E-state index < -0.39 is 0 Å². The minimum Gasteiger partial charge on any atom is -0.243 e. The predicted octanol–water partition coefficient (Wildman–Crippen LogP) is 3.31. The normalized spacial score (nSPS) is 10.0. The minimum atomic E-state index is -0.222. The average Bonchev–Trinajstić information content (AvgIpc) is 2.75. The van der Waals surface area contributed by atoms with Crippen molar-refractivity contribution in [1.29, 1.82) is 0 Å². The topological polar surface area (TPSA) is 38.9 Å². The van der Waals surface area contributed by atoms with E-state index in [0.717, 1.165) is 5.56 Å². The molecule has 2 rings (SSSR count). The Bertz CT molecular complexity index is 435. The van der Waals surface area contributed by atoms with Crippen LogP contribution in [0.4, 0.5) is 4.39 Å². The maximum atomic E-state index is 13.5. The van der Waals surface area contributed by atoms with Gasteiger partial charge < -0.3 is 0 Å². The molecule has 4 heteroatoms. The summed E-state index contributed by atoms with van der Waals surface area (Å²) >= 11 is 0. The van der Waals surface area contributed by atoms with E-state index in [9.17, 15) is 4.39 Å². The van der Waals surface area contributed by atoms with Crippen molar-refractivity contribution in [3.8, 4) is 0 Å². The lowest BCUT2D eigenvalue weighted by Crippen LogP contribution is -1.94. The molecule has 0 aliphatic heterocycles. The van der Waals surface area contributed by atoms with Crippen LogP contribution < -0.4 is 0 Å². The number of nitrogens with zero attached hydrogens (tertiary/aromatic N) is 2. The van der Waals surface area contributed by atoms with Gasteiger partial charge in [-0.05, 0) is 42.2 Å². The van der Waals surface area contributed by atoms with Crippen molar-refractivity contribution in [2.24, 2.45) is 0 Å². The van der Waals surface area contributed by atoms with E-state index in [1.807, 2.05) is 20.8 Å². The second kappa shape index (κ2) is 4.38. The Kier molecular flexibility index (Phi) is 3.39. The van der Waals surface area contributed by atoms with Gasteiger partial charge in [0.25, 0.3) is 0 Å². The highest BCUT2D eigenvalue weighted by atomic mass is 19.1. The van der Waals surface area contributed by atoms with Gasteiger partial charge in [0, 0.05) is 5.56 Å². The summed E-state index contributed by atoms with van der Waals surface area (Å²) in [5, 5.41) is 7.38. The highest BCUT2D eigenvalue weighted by molar-refractivity contribution is 5.81. The molecule has 0 aliphatic rings. The van der Waals surface area contributed by atoms with Crippen LogP contribution in [0.1, 0.15) is 30.5 Å². The number of hydrogen-bond donors (Lipinski definition) is 0.